The molecule has 6 nitrogen and oxygen atoms in total. The summed E-state index contributed by atoms with van der Waals surface area (Å²) >= 11 is 0. The predicted molar refractivity (Wildman–Crippen MR) is 78.1 cm³/mol. The van der Waals surface area contributed by atoms with Gasteiger partial charge in [0.25, 0.3) is 0 Å². The summed E-state index contributed by atoms with van der Waals surface area (Å²) in [5.41, 5.74) is 0.295. The maximum atomic E-state index is 12.3. The van der Waals surface area contributed by atoms with Gasteiger partial charge in [0.1, 0.15) is 5.75 Å². The molecule has 0 unspecified atom stereocenters. The number of benzene rings is 1. The number of carbonyl (C=O) groups is 2. The van der Waals surface area contributed by atoms with E-state index in [1.54, 1.807) is 20.8 Å². The Kier molecular flexibility index (Phi) is 5.11. The topological polar surface area (TPSA) is 91.7 Å². The average Bonchev–Trinajstić information content (AvgIpc) is 2.36. The van der Waals surface area contributed by atoms with Gasteiger partial charge >= 0.3 is 5.97 Å². The van der Waals surface area contributed by atoms with Crippen LogP contribution in [0.1, 0.15) is 29.8 Å². The van der Waals surface area contributed by atoms with Crippen LogP contribution in [0.25, 0.3) is 0 Å². The highest BCUT2D eigenvalue weighted by Crippen LogP contribution is 2.19. The number of nitrogens with zero attached hydrogens (tertiary/aromatic N) is 1. The van der Waals surface area contributed by atoms with Crippen molar-refractivity contribution in [2.75, 3.05) is 12.8 Å². The molecule has 0 fully saturated rings. The molecular formula is C14H19NO5S. The molecule has 0 aliphatic rings. The molecule has 0 saturated heterocycles. The molecule has 1 amide bonds. The van der Waals surface area contributed by atoms with Crippen LogP contribution in [0.5, 0.6) is 0 Å². The van der Waals surface area contributed by atoms with Crippen molar-refractivity contribution in [2.45, 2.75) is 31.7 Å². The zero-order valence-electron chi connectivity index (χ0n) is 12.5. The molecule has 0 aliphatic carbocycles. The summed E-state index contributed by atoms with van der Waals surface area (Å²) in [5.74, 6) is -2.41. The van der Waals surface area contributed by atoms with Crippen molar-refractivity contribution >= 4 is 21.7 Å². The summed E-state index contributed by atoms with van der Waals surface area (Å²) in [5, 5.41) is 8.94. The van der Waals surface area contributed by atoms with Gasteiger partial charge < -0.3 is 10.0 Å². The largest absolute Gasteiger partial charge is 0.478 e. The van der Waals surface area contributed by atoms with Crippen LogP contribution in [-0.2, 0) is 14.6 Å². The first-order valence-corrected chi connectivity index (χ1v) is 8.04. The summed E-state index contributed by atoms with van der Waals surface area (Å²) in [6.45, 7) is 5.12. The van der Waals surface area contributed by atoms with Crippen LogP contribution in [0, 0.1) is 6.92 Å². The molecule has 0 radical (unpaired) electrons. The average molecular weight is 313 g/mol. The minimum absolute atomic E-state index is 0.112. The number of carbonyl (C=O) groups excluding carboxylic acids is 1. The standard InChI is InChI=1S/C14H19NO5S/c1-9(2)15(4)13(16)8-21(19,20)12-7-11(14(17)18)6-5-10(12)3/h5-7,9H,8H2,1-4H3,(H,17,18). The molecular weight excluding hydrogens is 294 g/mol. The van der Waals surface area contributed by atoms with Gasteiger partial charge in [-0.15, -0.1) is 0 Å². The van der Waals surface area contributed by atoms with Crippen LogP contribution in [0.4, 0.5) is 0 Å². The molecule has 0 heterocycles. The second-order valence-electron chi connectivity index (χ2n) is 5.14. The van der Waals surface area contributed by atoms with Crippen LogP contribution in [0.2, 0.25) is 0 Å². The zero-order chi connectivity index (χ0) is 16.4. The quantitative estimate of drug-likeness (QED) is 0.885. The fourth-order valence-electron chi connectivity index (χ4n) is 1.70. The van der Waals surface area contributed by atoms with Gasteiger partial charge in [-0.2, -0.15) is 0 Å². The second-order valence-corrected chi connectivity index (χ2v) is 7.10. The third-order valence-corrected chi connectivity index (χ3v) is 4.99. The van der Waals surface area contributed by atoms with Gasteiger partial charge in [0.05, 0.1) is 10.5 Å². The van der Waals surface area contributed by atoms with Crippen molar-refractivity contribution in [2.24, 2.45) is 0 Å². The first-order chi connectivity index (χ1) is 9.56. The summed E-state index contributed by atoms with van der Waals surface area (Å²) < 4.78 is 24.6. The molecule has 0 aromatic heterocycles. The van der Waals surface area contributed by atoms with E-state index in [9.17, 15) is 18.0 Å². The molecule has 0 spiro atoms. The van der Waals surface area contributed by atoms with E-state index in [2.05, 4.69) is 0 Å². The summed E-state index contributed by atoms with van der Waals surface area (Å²) in [6.07, 6.45) is 0. The number of hydrogen-bond donors (Lipinski definition) is 1. The Morgan fingerprint density at radius 2 is 1.86 bits per heavy atom. The number of carboxylic acid groups (broad SMARTS) is 1. The molecule has 1 aromatic carbocycles. The van der Waals surface area contributed by atoms with Gasteiger partial charge in [-0.1, -0.05) is 6.07 Å². The molecule has 0 saturated carbocycles. The van der Waals surface area contributed by atoms with E-state index in [1.807, 2.05) is 0 Å². The highest BCUT2D eigenvalue weighted by atomic mass is 32.2. The number of aromatic carboxylic acids is 1. The van der Waals surface area contributed by atoms with E-state index in [4.69, 9.17) is 5.11 Å². The molecule has 7 heteroatoms. The number of aryl methyl sites for hydroxylation is 1. The van der Waals surface area contributed by atoms with E-state index in [0.29, 0.717) is 5.56 Å². The lowest BCUT2D eigenvalue weighted by molar-refractivity contribution is -0.128. The Morgan fingerprint density at radius 1 is 1.29 bits per heavy atom. The lowest BCUT2D eigenvalue weighted by atomic mass is 10.1. The molecule has 0 aliphatic heterocycles. The van der Waals surface area contributed by atoms with Crippen LogP contribution in [0.15, 0.2) is 23.1 Å². The first kappa shape index (κ1) is 17.2. The van der Waals surface area contributed by atoms with Crippen LogP contribution < -0.4 is 0 Å². The molecule has 21 heavy (non-hydrogen) atoms. The summed E-state index contributed by atoms with van der Waals surface area (Å²) in [6, 6.07) is 3.74. The van der Waals surface area contributed by atoms with E-state index in [1.165, 1.54) is 24.1 Å². The van der Waals surface area contributed by atoms with E-state index in [0.717, 1.165) is 6.07 Å². The highest BCUT2D eigenvalue weighted by molar-refractivity contribution is 7.92. The maximum Gasteiger partial charge on any atom is 0.335 e. The summed E-state index contributed by atoms with van der Waals surface area (Å²) in [7, 11) is -2.35. The third kappa shape index (κ3) is 4.04. The molecule has 1 N–H and O–H groups in total. The second kappa shape index (κ2) is 6.26. The number of carboxylic acids is 1. The van der Waals surface area contributed by atoms with Crippen molar-refractivity contribution in [3.8, 4) is 0 Å². The SMILES string of the molecule is Cc1ccc(C(=O)O)cc1S(=O)(=O)CC(=O)N(C)C(C)C. The summed E-state index contributed by atoms with van der Waals surface area (Å²) in [4.78, 5) is 24.1. The van der Waals surface area contributed by atoms with Gasteiger partial charge in [-0.3, -0.25) is 4.79 Å². The van der Waals surface area contributed by atoms with Crippen LogP contribution in [-0.4, -0.2) is 49.1 Å². The number of amides is 1. The third-order valence-electron chi connectivity index (χ3n) is 3.25. The molecule has 1 rings (SSSR count). The van der Waals surface area contributed by atoms with Crippen molar-refractivity contribution in [1.29, 1.82) is 0 Å². The molecule has 1 aromatic rings. The Balaban J connectivity index is 3.17. The highest BCUT2D eigenvalue weighted by Gasteiger charge is 2.25. The number of rotatable bonds is 5. The van der Waals surface area contributed by atoms with Crippen LogP contribution >= 0.6 is 0 Å². The first-order valence-electron chi connectivity index (χ1n) is 6.38. The lowest BCUT2D eigenvalue weighted by Crippen LogP contribution is -2.37. The smallest absolute Gasteiger partial charge is 0.335 e. The zero-order valence-corrected chi connectivity index (χ0v) is 13.3. The van der Waals surface area contributed by atoms with E-state index in [-0.39, 0.29) is 16.5 Å². The molecule has 116 valence electrons. The van der Waals surface area contributed by atoms with E-state index < -0.39 is 27.5 Å². The van der Waals surface area contributed by atoms with Crippen molar-refractivity contribution in [1.82, 2.24) is 4.90 Å². The Hall–Kier alpha value is -1.89. The monoisotopic (exact) mass is 313 g/mol. The van der Waals surface area contributed by atoms with Crippen molar-refractivity contribution < 1.29 is 23.1 Å². The lowest BCUT2D eigenvalue weighted by Gasteiger charge is -2.21. The van der Waals surface area contributed by atoms with Crippen molar-refractivity contribution in [3.63, 3.8) is 0 Å². The Morgan fingerprint density at radius 3 is 2.33 bits per heavy atom. The normalized spacial score (nSPS) is 11.5. The van der Waals surface area contributed by atoms with Gasteiger partial charge in [0.2, 0.25) is 5.91 Å². The number of hydrogen-bond acceptors (Lipinski definition) is 4. The van der Waals surface area contributed by atoms with Gasteiger partial charge in [-0.25, -0.2) is 13.2 Å². The maximum absolute atomic E-state index is 12.3. The molecule has 0 atom stereocenters. The Bertz CT molecular complexity index is 664. The Labute approximate surface area is 124 Å². The fourth-order valence-corrected chi connectivity index (χ4v) is 3.25. The fraction of sp³-hybridized carbons (Fsp3) is 0.429. The number of sulfone groups is 1. The molecule has 0 bridgehead atoms. The van der Waals surface area contributed by atoms with Crippen LogP contribution in [0.3, 0.4) is 0 Å². The minimum Gasteiger partial charge on any atom is -0.478 e. The predicted octanol–water partition coefficient (Wildman–Crippen LogP) is 1.33. The van der Waals surface area contributed by atoms with Gasteiger partial charge in [-0.05, 0) is 38.5 Å². The van der Waals surface area contributed by atoms with E-state index >= 15 is 0 Å². The minimum atomic E-state index is -3.88. The van der Waals surface area contributed by atoms with Crippen molar-refractivity contribution in [3.05, 3.63) is 29.3 Å². The van der Waals surface area contributed by atoms with Gasteiger partial charge in [0, 0.05) is 13.1 Å². The van der Waals surface area contributed by atoms with Gasteiger partial charge in [0.15, 0.2) is 9.84 Å².